The first-order chi connectivity index (χ1) is 7.86. The largest absolute Gasteiger partial charge is 0.366 e. The zero-order valence-corrected chi connectivity index (χ0v) is 9.84. The van der Waals surface area contributed by atoms with Crippen LogP contribution in [-0.4, -0.2) is 38.3 Å². The second kappa shape index (κ2) is 6.21. The Morgan fingerprint density at radius 3 is 2.81 bits per heavy atom. The second-order valence-electron chi connectivity index (χ2n) is 4.81. The maximum absolute atomic E-state index is 11.8. The summed E-state index contributed by atoms with van der Waals surface area (Å²) in [6.45, 7) is 2.98. The van der Waals surface area contributed by atoms with Gasteiger partial charge in [-0.15, -0.1) is 0 Å². The average molecular weight is 226 g/mol. The highest BCUT2D eigenvalue weighted by Crippen LogP contribution is 2.22. The molecular formula is C12H22N2O2. The number of ether oxygens (including phenoxy) is 1. The lowest BCUT2D eigenvalue weighted by Crippen LogP contribution is -2.48. The highest BCUT2D eigenvalue weighted by atomic mass is 16.5. The number of amides is 1. The van der Waals surface area contributed by atoms with E-state index in [2.05, 4.69) is 10.6 Å². The molecule has 0 bridgehead atoms. The molecule has 0 spiro atoms. The molecule has 4 heteroatoms. The lowest BCUT2D eigenvalue weighted by Gasteiger charge is -2.25. The van der Waals surface area contributed by atoms with E-state index in [0.717, 1.165) is 13.1 Å². The van der Waals surface area contributed by atoms with Crippen molar-refractivity contribution in [1.82, 2.24) is 10.6 Å². The molecule has 92 valence electrons. The molecule has 1 saturated carbocycles. The molecule has 16 heavy (non-hydrogen) atoms. The minimum atomic E-state index is -0.280. The molecule has 2 fully saturated rings. The van der Waals surface area contributed by atoms with Crippen LogP contribution in [0.5, 0.6) is 0 Å². The van der Waals surface area contributed by atoms with E-state index < -0.39 is 0 Å². The van der Waals surface area contributed by atoms with Gasteiger partial charge in [-0.1, -0.05) is 19.3 Å². The summed E-state index contributed by atoms with van der Waals surface area (Å²) in [5.41, 5.74) is 0. The summed E-state index contributed by atoms with van der Waals surface area (Å²) in [6, 6.07) is 0. The van der Waals surface area contributed by atoms with Gasteiger partial charge in [-0.2, -0.15) is 0 Å². The van der Waals surface area contributed by atoms with Crippen LogP contribution in [0.4, 0.5) is 0 Å². The number of nitrogens with one attached hydrogen (secondary N) is 2. The van der Waals surface area contributed by atoms with Gasteiger partial charge in [0, 0.05) is 19.6 Å². The highest BCUT2D eigenvalue weighted by Gasteiger charge is 2.22. The van der Waals surface area contributed by atoms with Crippen LogP contribution in [-0.2, 0) is 9.53 Å². The minimum absolute atomic E-state index is 0.0535. The standard InChI is InChI=1S/C12H22N2O2/c15-12(11-9-13-6-7-16-11)14-8-10-4-2-1-3-5-10/h10-11,13H,1-9H2,(H,14,15)/t11-/m1/s1. The van der Waals surface area contributed by atoms with Crippen LogP contribution in [0.25, 0.3) is 0 Å². The Balaban J connectivity index is 1.65. The van der Waals surface area contributed by atoms with Gasteiger partial charge in [0.05, 0.1) is 6.61 Å². The summed E-state index contributed by atoms with van der Waals surface area (Å²) in [6.07, 6.45) is 6.26. The molecule has 2 aliphatic rings. The molecule has 1 aliphatic carbocycles. The molecule has 4 nitrogen and oxygen atoms in total. The van der Waals surface area contributed by atoms with Crippen LogP contribution in [0.15, 0.2) is 0 Å². The van der Waals surface area contributed by atoms with E-state index in [1.807, 2.05) is 0 Å². The summed E-state index contributed by atoms with van der Waals surface area (Å²) in [7, 11) is 0. The lowest BCUT2D eigenvalue weighted by atomic mass is 9.89. The summed E-state index contributed by atoms with van der Waals surface area (Å²) >= 11 is 0. The van der Waals surface area contributed by atoms with E-state index in [1.165, 1.54) is 32.1 Å². The van der Waals surface area contributed by atoms with Gasteiger partial charge in [0.1, 0.15) is 6.10 Å². The third-order valence-electron chi connectivity index (χ3n) is 3.51. The number of hydrogen-bond acceptors (Lipinski definition) is 3. The van der Waals surface area contributed by atoms with Crippen LogP contribution in [0.2, 0.25) is 0 Å². The predicted octanol–water partition coefficient (Wildman–Crippen LogP) is 0.671. The van der Waals surface area contributed by atoms with Crippen molar-refractivity contribution in [2.45, 2.75) is 38.2 Å². The first kappa shape index (κ1) is 11.9. The molecule has 2 N–H and O–H groups in total. The van der Waals surface area contributed by atoms with E-state index in [0.29, 0.717) is 19.1 Å². The fraction of sp³-hybridized carbons (Fsp3) is 0.917. The van der Waals surface area contributed by atoms with Gasteiger partial charge < -0.3 is 15.4 Å². The van der Waals surface area contributed by atoms with E-state index in [-0.39, 0.29) is 12.0 Å². The maximum Gasteiger partial charge on any atom is 0.250 e. The van der Waals surface area contributed by atoms with E-state index in [9.17, 15) is 4.79 Å². The van der Waals surface area contributed by atoms with Crippen molar-refractivity contribution >= 4 is 5.91 Å². The topological polar surface area (TPSA) is 50.4 Å². The lowest BCUT2D eigenvalue weighted by molar-refractivity contribution is -0.134. The van der Waals surface area contributed by atoms with Gasteiger partial charge >= 0.3 is 0 Å². The molecule has 1 heterocycles. The van der Waals surface area contributed by atoms with Gasteiger partial charge in [0.25, 0.3) is 0 Å². The molecule has 1 saturated heterocycles. The number of carbonyl (C=O) groups is 1. The monoisotopic (exact) mass is 226 g/mol. The predicted molar refractivity (Wildman–Crippen MR) is 62.2 cm³/mol. The summed E-state index contributed by atoms with van der Waals surface area (Å²) in [4.78, 5) is 11.8. The molecular weight excluding hydrogens is 204 g/mol. The Hall–Kier alpha value is -0.610. The van der Waals surface area contributed by atoms with E-state index >= 15 is 0 Å². The van der Waals surface area contributed by atoms with Crippen LogP contribution in [0, 0.1) is 5.92 Å². The molecule has 0 aromatic carbocycles. The molecule has 0 unspecified atom stereocenters. The van der Waals surface area contributed by atoms with Gasteiger partial charge in [-0.25, -0.2) is 0 Å². The van der Waals surface area contributed by atoms with Gasteiger partial charge in [0.15, 0.2) is 0 Å². The normalized spacial score (nSPS) is 27.6. The minimum Gasteiger partial charge on any atom is -0.366 e. The van der Waals surface area contributed by atoms with Crippen molar-refractivity contribution in [3.63, 3.8) is 0 Å². The molecule has 2 rings (SSSR count). The summed E-state index contributed by atoms with van der Waals surface area (Å²) in [5, 5.41) is 6.19. The zero-order chi connectivity index (χ0) is 11.2. The van der Waals surface area contributed by atoms with Crippen LogP contribution >= 0.6 is 0 Å². The van der Waals surface area contributed by atoms with Gasteiger partial charge in [-0.3, -0.25) is 4.79 Å². The first-order valence-electron chi connectivity index (χ1n) is 6.46. The van der Waals surface area contributed by atoms with E-state index in [1.54, 1.807) is 0 Å². The third kappa shape index (κ3) is 3.46. The Labute approximate surface area is 97.1 Å². The smallest absolute Gasteiger partial charge is 0.250 e. The second-order valence-corrected chi connectivity index (χ2v) is 4.81. The van der Waals surface area contributed by atoms with Crippen LogP contribution in [0.1, 0.15) is 32.1 Å². The van der Waals surface area contributed by atoms with Crippen LogP contribution in [0.3, 0.4) is 0 Å². The molecule has 1 aliphatic heterocycles. The Morgan fingerprint density at radius 1 is 1.31 bits per heavy atom. The molecule has 0 aromatic heterocycles. The van der Waals surface area contributed by atoms with Gasteiger partial charge in [-0.05, 0) is 18.8 Å². The molecule has 0 radical (unpaired) electrons. The molecule has 1 atom stereocenters. The van der Waals surface area contributed by atoms with Crippen molar-refractivity contribution < 1.29 is 9.53 Å². The SMILES string of the molecule is O=C(NCC1CCCCC1)[C@H]1CNCCO1. The Morgan fingerprint density at radius 2 is 2.12 bits per heavy atom. The number of rotatable bonds is 3. The van der Waals surface area contributed by atoms with Gasteiger partial charge in [0.2, 0.25) is 5.91 Å². The highest BCUT2D eigenvalue weighted by molar-refractivity contribution is 5.81. The van der Waals surface area contributed by atoms with E-state index in [4.69, 9.17) is 4.74 Å². The number of carbonyl (C=O) groups excluding carboxylic acids is 1. The summed E-state index contributed by atoms with van der Waals surface area (Å²) < 4.78 is 5.41. The van der Waals surface area contributed by atoms with Crippen molar-refractivity contribution in [3.05, 3.63) is 0 Å². The number of morpholine rings is 1. The Kier molecular flexibility index (Phi) is 4.60. The van der Waals surface area contributed by atoms with Crippen molar-refractivity contribution in [2.75, 3.05) is 26.2 Å². The zero-order valence-electron chi connectivity index (χ0n) is 9.84. The molecule has 1 amide bonds. The quantitative estimate of drug-likeness (QED) is 0.743. The molecule has 0 aromatic rings. The van der Waals surface area contributed by atoms with Crippen molar-refractivity contribution in [3.8, 4) is 0 Å². The fourth-order valence-corrected chi connectivity index (χ4v) is 2.48. The first-order valence-corrected chi connectivity index (χ1v) is 6.46. The van der Waals surface area contributed by atoms with Crippen molar-refractivity contribution in [1.29, 1.82) is 0 Å². The summed E-state index contributed by atoms with van der Waals surface area (Å²) in [5.74, 6) is 0.743. The fourth-order valence-electron chi connectivity index (χ4n) is 2.48. The number of hydrogen-bond donors (Lipinski definition) is 2. The Bertz CT molecular complexity index is 221. The van der Waals surface area contributed by atoms with Crippen molar-refractivity contribution in [2.24, 2.45) is 5.92 Å². The van der Waals surface area contributed by atoms with Crippen LogP contribution < -0.4 is 10.6 Å². The third-order valence-corrected chi connectivity index (χ3v) is 3.51. The maximum atomic E-state index is 11.8. The average Bonchev–Trinajstić information content (AvgIpc) is 2.38.